The van der Waals surface area contributed by atoms with Crippen LogP contribution in [0.25, 0.3) is 0 Å². The highest BCUT2D eigenvalue weighted by Gasteiger charge is 2.06. The minimum Gasteiger partial charge on any atom is -0.361 e. The predicted molar refractivity (Wildman–Crippen MR) is 92.4 cm³/mol. The SMILES string of the molecule is O=C(NNC(=S)NCCCc1ccccc1)c1cccc(F)c1. The van der Waals surface area contributed by atoms with Crippen molar-refractivity contribution in [1.82, 2.24) is 16.2 Å². The first-order valence-electron chi connectivity index (χ1n) is 7.29. The highest BCUT2D eigenvalue weighted by Crippen LogP contribution is 2.03. The topological polar surface area (TPSA) is 53.2 Å². The molecule has 3 N–H and O–H groups in total. The van der Waals surface area contributed by atoms with E-state index in [0.29, 0.717) is 11.7 Å². The number of nitrogens with one attached hydrogen (secondary N) is 3. The van der Waals surface area contributed by atoms with Crippen molar-refractivity contribution in [2.45, 2.75) is 12.8 Å². The highest BCUT2D eigenvalue weighted by atomic mass is 32.1. The van der Waals surface area contributed by atoms with Gasteiger partial charge in [0.05, 0.1) is 0 Å². The smallest absolute Gasteiger partial charge is 0.269 e. The van der Waals surface area contributed by atoms with E-state index in [4.69, 9.17) is 12.2 Å². The van der Waals surface area contributed by atoms with Crippen molar-refractivity contribution in [2.75, 3.05) is 6.54 Å². The summed E-state index contributed by atoms with van der Waals surface area (Å²) in [6, 6.07) is 15.6. The van der Waals surface area contributed by atoms with Gasteiger partial charge in [-0.25, -0.2) is 4.39 Å². The second-order valence-electron chi connectivity index (χ2n) is 4.93. The van der Waals surface area contributed by atoms with E-state index in [2.05, 4.69) is 28.3 Å². The third kappa shape index (κ3) is 6.04. The summed E-state index contributed by atoms with van der Waals surface area (Å²) in [6.07, 6.45) is 1.87. The molecule has 0 aromatic heterocycles. The van der Waals surface area contributed by atoms with Crippen LogP contribution in [0.1, 0.15) is 22.3 Å². The van der Waals surface area contributed by atoms with Crippen molar-refractivity contribution in [3.63, 3.8) is 0 Å². The van der Waals surface area contributed by atoms with E-state index >= 15 is 0 Å². The molecule has 6 heteroatoms. The summed E-state index contributed by atoms with van der Waals surface area (Å²) < 4.78 is 13.0. The van der Waals surface area contributed by atoms with Crippen LogP contribution in [-0.2, 0) is 6.42 Å². The van der Waals surface area contributed by atoms with Gasteiger partial charge in [-0.1, -0.05) is 36.4 Å². The van der Waals surface area contributed by atoms with Crippen molar-refractivity contribution in [2.24, 2.45) is 0 Å². The molecule has 0 aliphatic heterocycles. The molecular formula is C17H18FN3OS. The summed E-state index contributed by atoms with van der Waals surface area (Å²) in [5.74, 6) is -0.905. The van der Waals surface area contributed by atoms with E-state index in [0.717, 1.165) is 18.9 Å². The van der Waals surface area contributed by atoms with E-state index in [1.807, 2.05) is 18.2 Å². The van der Waals surface area contributed by atoms with Gasteiger partial charge in [-0.15, -0.1) is 0 Å². The second-order valence-corrected chi connectivity index (χ2v) is 5.34. The maximum Gasteiger partial charge on any atom is 0.269 e. The van der Waals surface area contributed by atoms with Crippen LogP contribution in [0.5, 0.6) is 0 Å². The molecule has 0 fully saturated rings. The van der Waals surface area contributed by atoms with Gasteiger partial charge in [0.25, 0.3) is 5.91 Å². The number of thiocarbonyl (C=S) groups is 1. The largest absolute Gasteiger partial charge is 0.361 e. The van der Waals surface area contributed by atoms with Gasteiger partial charge < -0.3 is 5.32 Å². The van der Waals surface area contributed by atoms with Gasteiger partial charge in [-0.3, -0.25) is 15.6 Å². The Hall–Kier alpha value is -2.47. The fourth-order valence-corrected chi connectivity index (χ4v) is 2.15. The molecule has 0 spiro atoms. The Morgan fingerprint density at radius 3 is 2.57 bits per heavy atom. The number of carbonyl (C=O) groups is 1. The lowest BCUT2D eigenvalue weighted by atomic mass is 10.1. The molecule has 2 rings (SSSR count). The fourth-order valence-electron chi connectivity index (χ4n) is 2.00. The average molecular weight is 331 g/mol. The molecule has 0 atom stereocenters. The van der Waals surface area contributed by atoms with Gasteiger partial charge in [-0.05, 0) is 48.8 Å². The third-order valence-corrected chi connectivity index (χ3v) is 3.39. The van der Waals surface area contributed by atoms with Gasteiger partial charge in [0, 0.05) is 12.1 Å². The second kappa shape index (κ2) is 8.85. The Kier molecular flexibility index (Phi) is 6.50. The number of benzene rings is 2. The van der Waals surface area contributed by atoms with Gasteiger partial charge in [0.15, 0.2) is 5.11 Å². The molecule has 0 heterocycles. The van der Waals surface area contributed by atoms with E-state index < -0.39 is 11.7 Å². The highest BCUT2D eigenvalue weighted by molar-refractivity contribution is 7.80. The Morgan fingerprint density at radius 2 is 1.83 bits per heavy atom. The lowest BCUT2D eigenvalue weighted by Crippen LogP contribution is -2.47. The van der Waals surface area contributed by atoms with Crippen LogP contribution < -0.4 is 16.2 Å². The number of hydrogen-bond acceptors (Lipinski definition) is 2. The minimum atomic E-state index is -0.459. The normalized spacial score (nSPS) is 9.96. The first kappa shape index (κ1) is 16.9. The summed E-state index contributed by atoms with van der Waals surface area (Å²) in [5.41, 5.74) is 6.52. The Balaban J connectivity index is 1.64. The summed E-state index contributed by atoms with van der Waals surface area (Å²) in [7, 11) is 0. The van der Waals surface area contributed by atoms with Crippen LogP contribution in [-0.4, -0.2) is 17.6 Å². The summed E-state index contributed by atoms with van der Waals surface area (Å²) in [5, 5.41) is 3.32. The zero-order valence-corrected chi connectivity index (χ0v) is 13.3. The van der Waals surface area contributed by atoms with Gasteiger partial charge >= 0.3 is 0 Å². The third-order valence-electron chi connectivity index (χ3n) is 3.15. The molecule has 0 aliphatic carbocycles. The first-order valence-corrected chi connectivity index (χ1v) is 7.69. The van der Waals surface area contributed by atoms with Crippen LogP contribution in [0.4, 0.5) is 4.39 Å². The molecule has 23 heavy (non-hydrogen) atoms. The van der Waals surface area contributed by atoms with Gasteiger partial charge in [0.1, 0.15) is 5.82 Å². The van der Waals surface area contributed by atoms with Crippen LogP contribution in [0, 0.1) is 5.82 Å². The maximum atomic E-state index is 13.0. The lowest BCUT2D eigenvalue weighted by Gasteiger charge is -2.11. The number of amides is 1. The van der Waals surface area contributed by atoms with Crippen molar-refractivity contribution >= 4 is 23.2 Å². The number of rotatable bonds is 5. The molecule has 0 bridgehead atoms. The molecule has 2 aromatic rings. The number of hydrazine groups is 1. The van der Waals surface area contributed by atoms with Crippen molar-refractivity contribution in [1.29, 1.82) is 0 Å². The van der Waals surface area contributed by atoms with Crippen LogP contribution in [0.15, 0.2) is 54.6 Å². The van der Waals surface area contributed by atoms with Crippen LogP contribution >= 0.6 is 12.2 Å². The van der Waals surface area contributed by atoms with Crippen molar-refractivity contribution in [3.8, 4) is 0 Å². The summed E-state index contributed by atoms with van der Waals surface area (Å²) in [4.78, 5) is 11.8. The van der Waals surface area contributed by atoms with E-state index in [-0.39, 0.29) is 5.56 Å². The monoisotopic (exact) mass is 331 g/mol. The molecule has 4 nitrogen and oxygen atoms in total. The molecule has 0 unspecified atom stereocenters. The van der Waals surface area contributed by atoms with Crippen LogP contribution in [0.2, 0.25) is 0 Å². The predicted octanol–water partition coefficient (Wildman–Crippen LogP) is 2.57. The number of halogens is 1. The number of aryl methyl sites for hydroxylation is 1. The molecule has 0 radical (unpaired) electrons. The fraction of sp³-hybridized carbons (Fsp3) is 0.176. The zero-order chi connectivity index (χ0) is 16.5. The first-order chi connectivity index (χ1) is 11.1. The lowest BCUT2D eigenvalue weighted by molar-refractivity contribution is 0.0943. The van der Waals surface area contributed by atoms with E-state index in [9.17, 15) is 9.18 Å². The number of hydrogen-bond donors (Lipinski definition) is 3. The Bertz CT molecular complexity index is 664. The molecular weight excluding hydrogens is 313 g/mol. The quantitative estimate of drug-likeness (QED) is 0.448. The molecule has 0 saturated heterocycles. The summed E-state index contributed by atoms with van der Waals surface area (Å²) in [6.45, 7) is 0.691. The standard InChI is InChI=1S/C17H18FN3OS/c18-15-10-4-9-14(12-15)16(22)20-21-17(23)19-11-5-8-13-6-2-1-3-7-13/h1-4,6-7,9-10,12H,5,8,11H2,(H,20,22)(H2,19,21,23). The van der Waals surface area contributed by atoms with Gasteiger partial charge in [-0.2, -0.15) is 0 Å². The van der Waals surface area contributed by atoms with Gasteiger partial charge in [0.2, 0.25) is 0 Å². The molecule has 0 saturated carbocycles. The summed E-state index contributed by atoms with van der Waals surface area (Å²) >= 11 is 5.07. The molecule has 2 aromatic carbocycles. The maximum absolute atomic E-state index is 13.0. The average Bonchev–Trinajstić information content (AvgIpc) is 2.57. The molecule has 120 valence electrons. The number of carbonyl (C=O) groups excluding carboxylic acids is 1. The molecule has 1 amide bonds. The molecule has 0 aliphatic rings. The van der Waals surface area contributed by atoms with Crippen molar-refractivity contribution in [3.05, 3.63) is 71.5 Å². The Morgan fingerprint density at radius 1 is 1.04 bits per heavy atom. The van der Waals surface area contributed by atoms with Crippen molar-refractivity contribution < 1.29 is 9.18 Å². The minimum absolute atomic E-state index is 0.226. The Labute approximate surface area is 140 Å². The van der Waals surface area contributed by atoms with Crippen LogP contribution in [0.3, 0.4) is 0 Å². The van der Waals surface area contributed by atoms with E-state index in [1.165, 1.54) is 23.8 Å². The van der Waals surface area contributed by atoms with E-state index in [1.54, 1.807) is 0 Å². The zero-order valence-electron chi connectivity index (χ0n) is 12.5.